The first kappa shape index (κ1) is 11.6. The van der Waals surface area contributed by atoms with Gasteiger partial charge >= 0.3 is 0 Å². The summed E-state index contributed by atoms with van der Waals surface area (Å²) in [5.41, 5.74) is 6.94. The van der Waals surface area contributed by atoms with Crippen LogP contribution in [0.4, 0.5) is 5.69 Å². The zero-order chi connectivity index (χ0) is 11.6. The molecule has 0 aliphatic heterocycles. The van der Waals surface area contributed by atoms with Gasteiger partial charge in [0.1, 0.15) is 6.20 Å². The van der Waals surface area contributed by atoms with Crippen molar-refractivity contribution in [3.63, 3.8) is 0 Å². The van der Waals surface area contributed by atoms with Gasteiger partial charge in [-0.25, -0.2) is 0 Å². The smallest absolute Gasteiger partial charge is 0.287 e. The Morgan fingerprint density at radius 1 is 1.53 bits per heavy atom. The molecule has 5 nitrogen and oxygen atoms in total. The van der Waals surface area contributed by atoms with Gasteiger partial charge in [0.25, 0.3) is 5.69 Å². The first-order valence-corrected chi connectivity index (χ1v) is 4.70. The van der Waals surface area contributed by atoms with Crippen LogP contribution in [-0.2, 0) is 12.0 Å². The van der Waals surface area contributed by atoms with E-state index in [0.29, 0.717) is 0 Å². The molecular formula is C10H15N3O2. The molecule has 0 saturated heterocycles. The lowest BCUT2D eigenvalue weighted by Gasteiger charge is -2.20. The number of nitrogens with two attached hydrogens (primary N) is 1. The van der Waals surface area contributed by atoms with Crippen LogP contribution in [0.2, 0.25) is 0 Å². The molecule has 0 aromatic carbocycles. The lowest BCUT2D eigenvalue weighted by Crippen LogP contribution is -2.18. The Morgan fingerprint density at radius 2 is 2.13 bits per heavy atom. The van der Waals surface area contributed by atoms with Crippen LogP contribution in [0.5, 0.6) is 0 Å². The van der Waals surface area contributed by atoms with Crippen molar-refractivity contribution in [1.29, 1.82) is 0 Å². The molecule has 0 aliphatic rings. The van der Waals surface area contributed by atoms with Gasteiger partial charge < -0.3 is 5.73 Å². The standard InChI is InChI=1S/C10H15N3O2/c1-10(2,3)9-7(5-11)4-8(6-12-9)13(14)15/h4,6H,5,11H2,1-3H3. The maximum absolute atomic E-state index is 10.6. The van der Waals surface area contributed by atoms with Crippen LogP contribution < -0.4 is 5.73 Å². The Bertz CT molecular complexity index is 383. The fraction of sp³-hybridized carbons (Fsp3) is 0.500. The van der Waals surface area contributed by atoms with Crippen molar-refractivity contribution in [2.45, 2.75) is 32.7 Å². The summed E-state index contributed by atoms with van der Waals surface area (Å²) in [6, 6.07) is 1.49. The highest BCUT2D eigenvalue weighted by atomic mass is 16.6. The molecule has 15 heavy (non-hydrogen) atoms. The number of pyridine rings is 1. The largest absolute Gasteiger partial charge is 0.326 e. The molecule has 0 aliphatic carbocycles. The monoisotopic (exact) mass is 209 g/mol. The average Bonchev–Trinajstić information content (AvgIpc) is 2.15. The highest BCUT2D eigenvalue weighted by molar-refractivity contribution is 5.36. The fourth-order valence-electron chi connectivity index (χ4n) is 1.43. The van der Waals surface area contributed by atoms with Crippen molar-refractivity contribution in [1.82, 2.24) is 4.98 Å². The second-order valence-electron chi connectivity index (χ2n) is 4.41. The van der Waals surface area contributed by atoms with E-state index in [9.17, 15) is 10.1 Å². The van der Waals surface area contributed by atoms with E-state index in [1.807, 2.05) is 20.8 Å². The first-order valence-electron chi connectivity index (χ1n) is 4.70. The average molecular weight is 209 g/mol. The molecule has 0 spiro atoms. The molecule has 1 heterocycles. The van der Waals surface area contributed by atoms with Gasteiger partial charge in [-0.05, 0) is 5.56 Å². The zero-order valence-corrected chi connectivity index (χ0v) is 9.15. The number of aromatic nitrogens is 1. The maximum Gasteiger partial charge on any atom is 0.287 e. The second kappa shape index (κ2) is 3.94. The van der Waals surface area contributed by atoms with Gasteiger partial charge in [0.15, 0.2) is 0 Å². The molecule has 0 fully saturated rings. The first-order chi connectivity index (χ1) is 6.86. The van der Waals surface area contributed by atoms with Crippen molar-refractivity contribution >= 4 is 5.69 Å². The molecule has 0 saturated carbocycles. The van der Waals surface area contributed by atoms with E-state index in [1.165, 1.54) is 12.3 Å². The molecular weight excluding hydrogens is 194 g/mol. The number of nitro groups is 1. The van der Waals surface area contributed by atoms with Gasteiger partial charge in [-0.15, -0.1) is 0 Å². The van der Waals surface area contributed by atoms with Crippen LogP contribution in [0, 0.1) is 10.1 Å². The third-order valence-electron chi connectivity index (χ3n) is 2.09. The van der Waals surface area contributed by atoms with E-state index >= 15 is 0 Å². The highest BCUT2D eigenvalue weighted by Crippen LogP contribution is 2.25. The van der Waals surface area contributed by atoms with Gasteiger partial charge in [-0.2, -0.15) is 0 Å². The van der Waals surface area contributed by atoms with Crippen molar-refractivity contribution < 1.29 is 4.92 Å². The summed E-state index contributed by atoms with van der Waals surface area (Å²) in [5.74, 6) is 0. The topological polar surface area (TPSA) is 82.0 Å². The molecule has 0 radical (unpaired) electrons. The summed E-state index contributed by atoms with van der Waals surface area (Å²) in [6.45, 7) is 6.27. The molecule has 0 amide bonds. The van der Waals surface area contributed by atoms with Crippen LogP contribution in [0.15, 0.2) is 12.3 Å². The molecule has 2 N–H and O–H groups in total. The van der Waals surface area contributed by atoms with Gasteiger partial charge in [0.05, 0.1) is 10.6 Å². The normalized spacial score (nSPS) is 11.5. The predicted molar refractivity (Wildman–Crippen MR) is 57.5 cm³/mol. The Kier molecular flexibility index (Phi) is 3.04. The number of rotatable bonds is 2. The summed E-state index contributed by atoms with van der Waals surface area (Å²) in [7, 11) is 0. The number of nitrogens with zero attached hydrogens (tertiary/aromatic N) is 2. The van der Waals surface area contributed by atoms with Gasteiger partial charge in [0, 0.05) is 18.0 Å². The predicted octanol–water partition coefficient (Wildman–Crippen LogP) is 1.75. The number of hydrogen-bond acceptors (Lipinski definition) is 4. The summed E-state index contributed by atoms with van der Waals surface area (Å²) >= 11 is 0. The SMILES string of the molecule is CC(C)(C)c1ncc([N+](=O)[O-])cc1CN. The highest BCUT2D eigenvalue weighted by Gasteiger charge is 2.21. The molecule has 1 rings (SSSR count). The van der Waals surface area contributed by atoms with Gasteiger partial charge in [-0.1, -0.05) is 20.8 Å². The van der Waals surface area contributed by atoms with E-state index in [2.05, 4.69) is 4.98 Å². The van der Waals surface area contributed by atoms with Gasteiger partial charge in [-0.3, -0.25) is 15.1 Å². The number of hydrogen-bond donors (Lipinski definition) is 1. The minimum absolute atomic E-state index is 0.0107. The van der Waals surface area contributed by atoms with E-state index < -0.39 is 4.92 Å². The fourth-order valence-corrected chi connectivity index (χ4v) is 1.43. The Morgan fingerprint density at radius 3 is 2.53 bits per heavy atom. The van der Waals surface area contributed by atoms with Crippen LogP contribution >= 0.6 is 0 Å². The summed E-state index contributed by atoms with van der Waals surface area (Å²) in [5, 5.41) is 10.6. The van der Waals surface area contributed by atoms with E-state index in [1.54, 1.807) is 0 Å². The molecule has 0 atom stereocenters. The maximum atomic E-state index is 10.6. The van der Waals surface area contributed by atoms with Crippen LogP contribution in [-0.4, -0.2) is 9.91 Å². The summed E-state index contributed by atoms with van der Waals surface area (Å²) < 4.78 is 0. The third-order valence-corrected chi connectivity index (χ3v) is 2.09. The van der Waals surface area contributed by atoms with Gasteiger partial charge in [0.2, 0.25) is 0 Å². The van der Waals surface area contributed by atoms with Crippen molar-refractivity contribution in [3.05, 3.63) is 33.6 Å². The lowest BCUT2D eigenvalue weighted by atomic mass is 9.88. The van der Waals surface area contributed by atoms with Crippen LogP contribution in [0.3, 0.4) is 0 Å². The molecule has 5 heteroatoms. The zero-order valence-electron chi connectivity index (χ0n) is 9.15. The molecule has 82 valence electrons. The Balaban J connectivity index is 3.27. The van der Waals surface area contributed by atoms with E-state index in [-0.39, 0.29) is 17.6 Å². The van der Waals surface area contributed by atoms with Crippen molar-refractivity contribution in [2.75, 3.05) is 0 Å². The van der Waals surface area contributed by atoms with E-state index in [0.717, 1.165) is 11.3 Å². The van der Waals surface area contributed by atoms with Crippen LogP contribution in [0.25, 0.3) is 0 Å². The minimum Gasteiger partial charge on any atom is -0.326 e. The van der Waals surface area contributed by atoms with Crippen molar-refractivity contribution in [3.8, 4) is 0 Å². The Hall–Kier alpha value is -1.49. The molecule has 1 aromatic rings. The van der Waals surface area contributed by atoms with Crippen LogP contribution in [0.1, 0.15) is 32.0 Å². The lowest BCUT2D eigenvalue weighted by molar-refractivity contribution is -0.385. The van der Waals surface area contributed by atoms with E-state index in [4.69, 9.17) is 5.73 Å². The Labute approximate surface area is 88.5 Å². The minimum atomic E-state index is -0.460. The molecule has 1 aromatic heterocycles. The van der Waals surface area contributed by atoms with Crippen molar-refractivity contribution in [2.24, 2.45) is 5.73 Å². The quantitative estimate of drug-likeness (QED) is 0.594. The molecule has 0 bridgehead atoms. The summed E-state index contributed by atoms with van der Waals surface area (Å²) in [4.78, 5) is 14.2. The third kappa shape index (κ3) is 2.50. The molecule has 0 unspecified atom stereocenters. The second-order valence-corrected chi connectivity index (χ2v) is 4.41. The summed E-state index contributed by atoms with van der Waals surface area (Å²) in [6.07, 6.45) is 1.28.